The van der Waals surface area contributed by atoms with Gasteiger partial charge in [-0.05, 0) is 34.6 Å². The fraction of sp³-hybridized carbons (Fsp3) is 0.0435. The average molecular weight is 415 g/mol. The maximum atomic E-state index is 11.9. The largest absolute Gasteiger partial charge is 0.488 e. The third-order valence-corrected chi connectivity index (χ3v) is 4.71. The zero-order valence-corrected chi connectivity index (χ0v) is 16.2. The van der Waals surface area contributed by atoms with E-state index < -0.39 is 21.9 Å². The smallest absolute Gasteiger partial charge is 0.357 e. The Morgan fingerprint density at radius 3 is 2.42 bits per heavy atom. The summed E-state index contributed by atoms with van der Waals surface area (Å²) in [5.41, 5.74) is -1.16. The van der Waals surface area contributed by atoms with Crippen LogP contribution in [0.1, 0.15) is 16.8 Å². The van der Waals surface area contributed by atoms with Gasteiger partial charge in [-0.1, -0.05) is 60.7 Å². The Kier molecular flexibility index (Phi) is 5.44. The summed E-state index contributed by atoms with van der Waals surface area (Å²) in [7, 11) is 0. The van der Waals surface area contributed by atoms with E-state index in [4.69, 9.17) is 4.74 Å². The molecule has 0 fully saturated rings. The van der Waals surface area contributed by atoms with Crippen LogP contribution in [0.15, 0.2) is 76.3 Å². The van der Waals surface area contributed by atoms with Gasteiger partial charge in [0, 0.05) is 5.56 Å². The highest BCUT2D eigenvalue weighted by Crippen LogP contribution is 2.31. The molecule has 0 aliphatic heterocycles. The Balaban J connectivity index is 1.80. The molecule has 2 N–H and O–H groups in total. The number of aromatic amines is 2. The fourth-order valence-electron chi connectivity index (χ4n) is 3.27. The highest BCUT2D eigenvalue weighted by atomic mass is 16.6. The fourth-order valence-corrected chi connectivity index (χ4v) is 3.27. The van der Waals surface area contributed by atoms with Crippen molar-refractivity contribution in [2.45, 2.75) is 6.61 Å². The van der Waals surface area contributed by atoms with Crippen LogP contribution < -0.4 is 16.0 Å². The van der Waals surface area contributed by atoms with Gasteiger partial charge < -0.3 is 9.72 Å². The van der Waals surface area contributed by atoms with Crippen LogP contribution in [0.5, 0.6) is 5.75 Å². The van der Waals surface area contributed by atoms with Crippen molar-refractivity contribution >= 4 is 28.6 Å². The monoisotopic (exact) mass is 415 g/mol. The molecule has 0 bridgehead atoms. The van der Waals surface area contributed by atoms with Crippen molar-refractivity contribution in [2.24, 2.45) is 0 Å². The first-order valence-corrected chi connectivity index (χ1v) is 9.40. The number of hydrogen-bond acceptors (Lipinski definition) is 5. The quantitative estimate of drug-likeness (QED) is 0.366. The summed E-state index contributed by atoms with van der Waals surface area (Å²) < 4.78 is 6.02. The second-order valence-electron chi connectivity index (χ2n) is 6.73. The number of rotatable bonds is 6. The lowest BCUT2D eigenvalue weighted by Crippen LogP contribution is -2.25. The predicted molar refractivity (Wildman–Crippen MR) is 118 cm³/mol. The van der Waals surface area contributed by atoms with Gasteiger partial charge >= 0.3 is 16.9 Å². The molecule has 0 radical (unpaired) electrons. The van der Waals surface area contributed by atoms with Crippen molar-refractivity contribution in [1.82, 2.24) is 9.97 Å². The molecular weight excluding hydrogens is 398 g/mol. The summed E-state index contributed by atoms with van der Waals surface area (Å²) in [6, 6.07) is 21.0. The van der Waals surface area contributed by atoms with Gasteiger partial charge in [0.25, 0.3) is 0 Å². The minimum absolute atomic E-state index is 0.194. The number of nitrogens with zero attached hydrogens (tertiary/aromatic N) is 1. The molecule has 4 aromatic rings. The number of ether oxygens (including phenoxy) is 1. The van der Waals surface area contributed by atoms with Crippen molar-refractivity contribution in [3.05, 3.63) is 115 Å². The first-order chi connectivity index (χ1) is 15.0. The standard InChI is InChI=1S/C23H17N3O5/c27-22-21(26(29)30)19(24-23(28)25-22)12-11-18-17-9-5-4-8-16(17)10-13-20(18)31-14-15-6-2-1-3-7-15/h1-13H,14H2,(H2,24,25,27,28)/b12-11-. The normalized spacial score (nSPS) is 11.1. The zero-order valence-electron chi connectivity index (χ0n) is 16.2. The van der Waals surface area contributed by atoms with Crippen molar-refractivity contribution in [2.75, 3.05) is 0 Å². The SMILES string of the molecule is O=c1[nH]c(/C=C\c2c(OCc3ccccc3)ccc3ccccc23)c([N+](=O)[O-])c(=O)[nH]1. The summed E-state index contributed by atoms with van der Waals surface area (Å²) >= 11 is 0. The molecule has 31 heavy (non-hydrogen) atoms. The molecule has 0 saturated carbocycles. The summed E-state index contributed by atoms with van der Waals surface area (Å²) in [6.45, 7) is 0.335. The van der Waals surface area contributed by atoms with E-state index in [2.05, 4.69) is 4.98 Å². The Hall–Kier alpha value is -4.46. The molecular formula is C23H17N3O5. The van der Waals surface area contributed by atoms with Gasteiger partial charge in [0.15, 0.2) is 0 Å². The van der Waals surface area contributed by atoms with Crippen LogP contribution in [0.25, 0.3) is 22.9 Å². The second kappa shape index (κ2) is 8.50. The number of benzene rings is 3. The van der Waals surface area contributed by atoms with Crippen molar-refractivity contribution in [3.63, 3.8) is 0 Å². The Labute approximate surface area is 175 Å². The predicted octanol–water partition coefficient (Wildman–Crippen LogP) is 3.87. The first kappa shape index (κ1) is 19.8. The molecule has 3 aromatic carbocycles. The van der Waals surface area contributed by atoms with Crippen molar-refractivity contribution < 1.29 is 9.66 Å². The summed E-state index contributed by atoms with van der Waals surface area (Å²) in [5.74, 6) is 0.564. The number of H-pyrrole nitrogens is 2. The van der Waals surface area contributed by atoms with Crippen molar-refractivity contribution in [1.29, 1.82) is 0 Å². The lowest BCUT2D eigenvalue weighted by atomic mass is 10.0. The first-order valence-electron chi connectivity index (χ1n) is 9.40. The molecule has 0 spiro atoms. The second-order valence-corrected chi connectivity index (χ2v) is 6.73. The third kappa shape index (κ3) is 4.27. The zero-order chi connectivity index (χ0) is 21.8. The van der Waals surface area contributed by atoms with E-state index in [-0.39, 0.29) is 5.69 Å². The molecule has 1 heterocycles. The van der Waals surface area contributed by atoms with Gasteiger partial charge in [-0.3, -0.25) is 19.9 Å². The van der Waals surface area contributed by atoms with E-state index in [1.807, 2.05) is 71.7 Å². The maximum absolute atomic E-state index is 11.9. The van der Waals surface area contributed by atoms with Gasteiger partial charge in [0.2, 0.25) is 0 Å². The highest BCUT2D eigenvalue weighted by molar-refractivity contribution is 5.95. The lowest BCUT2D eigenvalue weighted by Gasteiger charge is -2.12. The Morgan fingerprint density at radius 1 is 0.903 bits per heavy atom. The van der Waals surface area contributed by atoms with Crippen LogP contribution in [0.2, 0.25) is 0 Å². The molecule has 154 valence electrons. The topological polar surface area (TPSA) is 118 Å². The minimum Gasteiger partial charge on any atom is -0.488 e. The van der Waals surface area contributed by atoms with Crippen LogP contribution in [0.3, 0.4) is 0 Å². The summed E-state index contributed by atoms with van der Waals surface area (Å²) in [6.07, 6.45) is 2.94. The van der Waals surface area contributed by atoms with Crippen molar-refractivity contribution in [3.8, 4) is 5.75 Å². The maximum Gasteiger partial charge on any atom is 0.357 e. The minimum atomic E-state index is -1.06. The van der Waals surface area contributed by atoms with E-state index in [0.29, 0.717) is 17.9 Å². The van der Waals surface area contributed by atoms with Gasteiger partial charge in [-0.15, -0.1) is 0 Å². The molecule has 0 aliphatic rings. The number of aromatic nitrogens is 2. The Bertz CT molecular complexity index is 1400. The van der Waals surface area contributed by atoms with E-state index in [0.717, 1.165) is 16.3 Å². The number of hydrogen-bond donors (Lipinski definition) is 2. The molecule has 1 aromatic heterocycles. The van der Waals surface area contributed by atoms with Crippen LogP contribution in [0, 0.1) is 10.1 Å². The third-order valence-electron chi connectivity index (χ3n) is 4.71. The van der Waals surface area contributed by atoms with Crippen LogP contribution in [0.4, 0.5) is 5.69 Å². The van der Waals surface area contributed by atoms with Crippen LogP contribution in [-0.4, -0.2) is 14.9 Å². The highest BCUT2D eigenvalue weighted by Gasteiger charge is 2.19. The molecule has 0 aliphatic carbocycles. The van der Waals surface area contributed by atoms with E-state index >= 15 is 0 Å². The van der Waals surface area contributed by atoms with E-state index in [9.17, 15) is 19.7 Å². The van der Waals surface area contributed by atoms with Crippen LogP contribution in [-0.2, 0) is 6.61 Å². The summed E-state index contributed by atoms with van der Waals surface area (Å²) in [5, 5.41) is 13.1. The number of nitrogens with one attached hydrogen (secondary N) is 2. The average Bonchev–Trinajstić information content (AvgIpc) is 2.76. The number of nitro groups is 1. The molecule has 0 saturated heterocycles. The van der Waals surface area contributed by atoms with E-state index in [1.54, 1.807) is 6.08 Å². The molecule has 8 heteroatoms. The van der Waals surface area contributed by atoms with E-state index in [1.165, 1.54) is 6.08 Å². The number of fused-ring (bicyclic) bond motifs is 1. The molecule has 8 nitrogen and oxygen atoms in total. The molecule has 0 unspecified atom stereocenters. The van der Waals surface area contributed by atoms with Gasteiger partial charge in [-0.2, -0.15) is 0 Å². The van der Waals surface area contributed by atoms with Gasteiger partial charge in [0.05, 0.1) is 4.92 Å². The van der Waals surface area contributed by atoms with Gasteiger partial charge in [0.1, 0.15) is 18.1 Å². The van der Waals surface area contributed by atoms with Crippen LogP contribution >= 0.6 is 0 Å². The molecule has 0 atom stereocenters. The summed E-state index contributed by atoms with van der Waals surface area (Å²) in [4.78, 5) is 38.2. The lowest BCUT2D eigenvalue weighted by molar-refractivity contribution is -0.386. The molecule has 4 rings (SSSR count). The Morgan fingerprint density at radius 2 is 1.65 bits per heavy atom. The molecule has 0 amide bonds. The van der Waals surface area contributed by atoms with Gasteiger partial charge in [-0.25, -0.2) is 4.79 Å².